The Morgan fingerprint density at radius 1 is 0.738 bits per heavy atom. The van der Waals surface area contributed by atoms with Gasteiger partial charge in [-0.15, -0.1) is 0 Å². The lowest BCUT2D eigenvalue weighted by molar-refractivity contribution is 1.12. The van der Waals surface area contributed by atoms with Crippen molar-refractivity contribution in [3.05, 3.63) is 159 Å². The van der Waals surface area contributed by atoms with E-state index >= 15 is 0 Å². The Bertz CT molecular complexity index is 1950. The molecule has 2 heterocycles. The number of para-hydroxylation sites is 2. The van der Waals surface area contributed by atoms with Crippen molar-refractivity contribution in [1.29, 1.82) is 0 Å². The third-order valence-corrected chi connectivity index (χ3v) is 7.72. The van der Waals surface area contributed by atoms with Gasteiger partial charge in [-0.3, -0.25) is 0 Å². The van der Waals surface area contributed by atoms with Gasteiger partial charge < -0.3 is 9.47 Å². The summed E-state index contributed by atoms with van der Waals surface area (Å²) in [6.45, 7) is 14.5. The predicted molar refractivity (Wildman–Crippen MR) is 181 cm³/mol. The molecule has 0 saturated carbocycles. The number of anilines is 1. The Morgan fingerprint density at radius 3 is 2.00 bits per heavy atom. The Morgan fingerprint density at radius 2 is 1.36 bits per heavy atom. The monoisotopic (exact) mass is 543 g/mol. The lowest BCUT2D eigenvalue weighted by atomic mass is 9.99. The average molecular weight is 544 g/mol. The van der Waals surface area contributed by atoms with Gasteiger partial charge in [0.15, 0.2) is 0 Å². The zero-order chi connectivity index (χ0) is 29.2. The molecule has 2 aromatic heterocycles. The van der Waals surface area contributed by atoms with Crippen molar-refractivity contribution in [1.82, 2.24) is 9.55 Å². The molecule has 0 saturated heterocycles. The van der Waals surface area contributed by atoms with Crippen LogP contribution in [0, 0.1) is 0 Å². The zero-order valence-electron chi connectivity index (χ0n) is 24.1. The van der Waals surface area contributed by atoms with E-state index in [-0.39, 0.29) is 0 Å². The first-order valence-electron chi connectivity index (χ1n) is 14.1. The van der Waals surface area contributed by atoms with Crippen LogP contribution in [0.3, 0.4) is 0 Å². The molecule has 204 valence electrons. The van der Waals surface area contributed by atoms with Gasteiger partial charge >= 0.3 is 0 Å². The molecule has 6 aromatic rings. The van der Waals surface area contributed by atoms with Crippen LogP contribution in [0.1, 0.15) is 12.6 Å². The van der Waals surface area contributed by atoms with Crippen LogP contribution in [-0.4, -0.2) is 16.6 Å². The van der Waals surface area contributed by atoms with Crippen LogP contribution in [0.5, 0.6) is 0 Å². The summed E-state index contributed by atoms with van der Waals surface area (Å²) >= 11 is 0. The predicted octanol–water partition coefficient (Wildman–Crippen LogP) is 10.2. The highest BCUT2D eigenvalue weighted by Crippen LogP contribution is 2.37. The average Bonchev–Trinajstić information content (AvgIpc) is 3.38. The van der Waals surface area contributed by atoms with Gasteiger partial charge in [0.25, 0.3) is 0 Å². The lowest BCUT2D eigenvalue weighted by Gasteiger charge is -2.23. The third kappa shape index (κ3) is 4.86. The molecule has 6 rings (SSSR count). The highest BCUT2D eigenvalue weighted by Gasteiger charge is 2.16. The van der Waals surface area contributed by atoms with Gasteiger partial charge in [-0.25, -0.2) is 4.98 Å². The van der Waals surface area contributed by atoms with E-state index in [0.717, 1.165) is 61.8 Å². The summed E-state index contributed by atoms with van der Waals surface area (Å²) < 4.78 is 2.35. The summed E-state index contributed by atoms with van der Waals surface area (Å²) in [6.07, 6.45) is 5.80. The molecule has 0 fully saturated rings. The molecule has 3 nitrogen and oxygen atoms in total. The zero-order valence-corrected chi connectivity index (χ0v) is 24.1. The van der Waals surface area contributed by atoms with Gasteiger partial charge in [-0.1, -0.05) is 98.6 Å². The quantitative estimate of drug-likeness (QED) is 0.178. The number of hydrogen-bond acceptors (Lipinski definition) is 2. The van der Waals surface area contributed by atoms with E-state index in [2.05, 4.69) is 127 Å². The standard InChI is InChI=1S/C39H33N3/c1-6-15-28(4)41(5)32-22-30(31-24-36(27(3)7-2)40-37(25-31)29-16-9-8-10-17-29)23-33(26-32)42-38-20-13-11-18-34(38)35-19-12-14-21-39(35)42/h6-26H,2-4H2,1,5H3/b15-6-. The fraction of sp³-hybridized carbons (Fsp3) is 0.0513. The number of nitrogens with zero attached hydrogens (tertiary/aromatic N) is 3. The van der Waals surface area contributed by atoms with Gasteiger partial charge in [-0.2, -0.15) is 0 Å². The molecule has 0 aliphatic heterocycles. The van der Waals surface area contributed by atoms with E-state index < -0.39 is 0 Å². The summed E-state index contributed by atoms with van der Waals surface area (Å²) in [5, 5.41) is 2.46. The number of hydrogen-bond donors (Lipinski definition) is 0. The number of benzene rings is 4. The number of fused-ring (bicyclic) bond motifs is 3. The maximum atomic E-state index is 4.95. The molecule has 0 bridgehead atoms. The van der Waals surface area contributed by atoms with Gasteiger partial charge in [0.2, 0.25) is 0 Å². The van der Waals surface area contributed by atoms with Crippen molar-refractivity contribution < 1.29 is 0 Å². The lowest BCUT2D eigenvalue weighted by Crippen LogP contribution is -2.14. The number of rotatable bonds is 8. The fourth-order valence-corrected chi connectivity index (χ4v) is 5.48. The second-order valence-corrected chi connectivity index (χ2v) is 10.4. The van der Waals surface area contributed by atoms with Crippen molar-refractivity contribution >= 4 is 33.1 Å². The Labute approximate surface area is 247 Å². The molecule has 0 amide bonds. The highest BCUT2D eigenvalue weighted by molar-refractivity contribution is 6.09. The number of pyridine rings is 1. The molecule has 42 heavy (non-hydrogen) atoms. The molecule has 4 aromatic carbocycles. The second-order valence-electron chi connectivity index (χ2n) is 10.4. The minimum absolute atomic E-state index is 0.784. The largest absolute Gasteiger partial charge is 0.345 e. The van der Waals surface area contributed by atoms with Gasteiger partial charge in [0.1, 0.15) is 0 Å². The third-order valence-electron chi connectivity index (χ3n) is 7.72. The summed E-state index contributed by atoms with van der Waals surface area (Å²) in [7, 11) is 2.06. The van der Waals surface area contributed by atoms with Gasteiger partial charge in [0.05, 0.1) is 22.4 Å². The number of allylic oxidation sites excluding steroid dienone is 4. The van der Waals surface area contributed by atoms with Crippen molar-refractivity contribution in [3.8, 4) is 28.1 Å². The van der Waals surface area contributed by atoms with E-state index in [1.165, 1.54) is 10.8 Å². The maximum absolute atomic E-state index is 4.95. The Balaban J connectivity index is 1.65. The Hall–Kier alpha value is -5.41. The molecule has 0 aliphatic rings. The van der Waals surface area contributed by atoms with Crippen molar-refractivity contribution in [2.24, 2.45) is 0 Å². The maximum Gasteiger partial charge on any atom is 0.0715 e. The first-order chi connectivity index (χ1) is 20.5. The van der Waals surface area contributed by atoms with Crippen LogP contribution < -0.4 is 4.90 Å². The van der Waals surface area contributed by atoms with E-state index in [0.29, 0.717) is 0 Å². The SMILES string of the molecule is C=CC(=C)c1cc(-c2cc(N(C)C(=C)/C=C\C)cc(-n3c4ccccc4c4ccccc43)c2)cc(-c2ccccc2)n1. The second kappa shape index (κ2) is 11.2. The smallest absolute Gasteiger partial charge is 0.0715 e. The van der Waals surface area contributed by atoms with Crippen molar-refractivity contribution in [3.63, 3.8) is 0 Å². The molecule has 0 N–H and O–H groups in total. The van der Waals surface area contributed by atoms with E-state index in [1.807, 2.05) is 37.3 Å². The number of aromatic nitrogens is 2. The molecule has 0 atom stereocenters. The summed E-state index contributed by atoms with van der Waals surface area (Å²) in [4.78, 5) is 7.08. The summed E-state index contributed by atoms with van der Waals surface area (Å²) in [6, 6.07) is 38.4. The van der Waals surface area contributed by atoms with E-state index in [1.54, 1.807) is 6.08 Å². The van der Waals surface area contributed by atoms with Crippen LogP contribution in [-0.2, 0) is 0 Å². The van der Waals surface area contributed by atoms with Crippen LogP contribution in [0.2, 0.25) is 0 Å². The van der Waals surface area contributed by atoms with E-state index in [4.69, 9.17) is 4.98 Å². The van der Waals surface area contributed by atoms with E-state index in [9.17, 15) is 0 Å². The van der Waals surface area contributed by atoms with Gasteiger partial charge in [0, 0.05) is 40.5 Å². The van der Waals surface area contributed by atoms with Crippen LogP contribution in [0.25, 0.3) is 55.5 Å². The molecular weight excluding hydrogens is 510 g/mol. The summed E-state index contributed by atoms with van der Waals surface area (Å²) in [5.41, 5.74) is 11.0. The molecule has 0 spiro atoms. The van der Waals surface area contributed by atoms with Crippen LogP contribution in [0.15, 0.2) is 153 Å². The summed E-state index contributed by atoms with van der Waals surface area (Å²) in [5.74, 6) is 0. The first kappa shape index (κ1) is 26.8. The molecule has 0 aliphatic carbocycles. The van der Waals surface area contributed by atoms with Crippen molar-refractivity contribution in [2.45, 2.75) is 6.92 Å². The molecule has 3 heteroatoms. The molecular formula is C39H33N3. The molecule has 0 unspecified atom stereocenters. The van der Waals surface area contributed by atoms with Crippen LogP contribution >= 0.6 is 0 Å². The minimum Gasteiger partial charge on any atom is -0.345 e. The molecule has 0 radical (unpaired) electrons. The Kier molecular flexibility index (Phi) is 7.16. The van der Waals surface area contributed by atoms with Crippen molar-refractivity contribution in [2.75, 3.05) is 11.9 Å². The first-order valence-corrected chi connectivity index (χ1v) is 14.1. The minimum atomic E-state index is 0.784. The topological polar surface area (TPSA) is 21.1 Å². The number of likely N-dealkylation sites (N-methyl/N-ethyl adjacent to an activating group) is 1. The van der Waals surface area contributed by atoms with Crippen LogP contribution in [0.4, 0.5) is 5.69 Å². The highest BCUT2D eigenvalue weighted by atomic mass is 15.1. The normalized spacial score (nSPS) is 11.3. The van der Waals surface area contributed by atoms with Gasteiger partial charge in [-0.05, 0) is 72.2 Å². The fourth-order valence-electron chi connectivity index (χ4n) is 5.48.